The molecular formula is C14H14N2O3. The van der Waals surface area contributed by atoms with Crippen LogP contribution in [-0.4, -0.2) is 22.5 Å². The smallest absolute Gasteiger partial charge is 0.345 e. The summed E-state index contributed by atoms with van der Waals surface area (Å²) in [6.07, 6.45) is 0. The van der Waals surface area contributed by atoms with Crippen molar-refractivity contribution < 1.29 is 9.53 Å². The number of H-pyrrole nitrogens is 1. The molecule has 2 rings (SSSR count). The Hall–Kier alpha value is -2.43. The van der Waals surface area contributed by atoms with Crippen LogP contribution in [0, 0.1) is 6.92 Å². The summed E-state index contributed by atoms with van der Waals surface area (Å²) < 4.78 is 5.01. The van der Waals surface area contributed by atoms with Crippen LogP contribution in [0.3, 0.4) is 0 Å². The zero-order valence-corrected chi connectivity index (χ0v) is 10.8. The van der Waals surface area contributed by atoms with Gasteiger partial charge in [-0.2, -0.15) is 4.98 Å². The van der Waals surface area contributed by atoms with Gasteiger partial charge in [0, 0.05) is 11.3 Å². The molecule has 1 aromatic carbocycles. The average Bonchev–Trinajstić information content (AvgIpc) is 2.39. The van der Waals surface area contributed by atoms with Crippen LogP contribution in [0.2, 0.25) is 0 Å². The zero-order chi connectivity index (χ0) is 13.8. The number of aromatic nitrogens is 2. The first kappa shape index (κ1) is 13.0. The molecule has 1 aromatic heterocycles. The number of carbonyl (C=O) groups excluding carboxylic acids is 1. The predicted molar refractivity (Wildman–Crippen MR) is 71.0 cm³/mol. The van der Waals surface area contributed by atoms with Gasteiger partial charge in [0.05, 0.1) is 12.3 Å². The van der Waals surface area contributed by atoms with Gasteiger partial charge in [-0.25, -0.2) is 9.59 Å². The molecule has 98 valence electrons. The van der Waals surface area contributed by atoms with Gasteiger partial charge in [0.1, 0.15) is 5.56 Å². The Bertz CT molecular complexity index is 647. The topological polar surface area (TPSA) is 72.0 Å². The number of hydrogen-bond donors (Lipinski definition) is 1. The third-order valence-electron chi connectivity index (χ3n) is 2.65. The van der Waals surface area contributed by atoms with Crippen molar-refractivity contribution >= 4 is 5.97 Å². The second-order valence-corrected chi connectivity index (χ2v) is 3.98. The standard InChI is InChI=1S/C14H14N2O3/c1-3-19-13(17)11-9(2)15-14(18)16-12(11)10-7-5-4-6-8-10/h4-8H,3H2,1-2H3,(H,15,16,18). The third-order valence-corrected chi connectivity index (χ3v) is 2.65. The Morgan fingerprint density at radius 1 is 1.32 bits per heavy atom. The van der Waals surface area contributed by atoms with E-state index in [1.54, 1.807) is 26.0 Å². The first-order valence-electron chi connectivity index (χ1n) is 5.97. The maximum atomic E-state index is 12.0. The Balaban J connectivity index is 2.65. The average molecular weight is 258 g/mol. The number of aromatic amines is 1. The van der Waals surface area contributed by atoms with Crippen LogP contribution in [0.1, 0.15) is 23.0 Å². The molecule has 5 nitrogen and oxygen atoms in total. The number of hydrogen-bond acceptors (Lipinski definition) is 4. The molecule has 0 aliphatic heterocycles. The second-order valence-electron chi connectivity index (χ2n) is 3.98. The summed E-state index contributed by atoms with van der Waals surface area (Å²) >= 11 is 0. The number of nitrogens with one attached hydrogen (secondary N) is 1. The fraction of sp³-hybridized carbons (Fsp3) is 0.214. The number of aryl methyl sites for hydroxylation is 1. The molecule has 1 N–H and O–H groups in total. The number of esters is 1. The van der Waals surface area contributed by atoms with Crippen LogP contribution in [-0.2, 0) is 4.74 Å². The summed E-state index contributed by atoms with van der Waals surface area (Å²) in [4.78, 5) is 29.9. The van der Waals surface area contributed by atoms with Gasteiger partial charge >= 0.3 is 11.7 Å². The largest absolute Gasteiger partial charge is 0.462 e. The number of benzene rings is 1. The van der Waals surface area contributed by atoms with Gasteiger partial charge in [-0.3, -0.25) is 0 Å². The van der Waals surface area contributed by atoms with Crippen molar-refractivity contribution in [3.8, 4) is 11.3 Å². The van der Waals surface area contributed by atoms with E-state index in [-0.39, 0.29) is 6.61 Å². The second kappa shape index (κ2) is 5.48. The van der Waals surface area contributed by atoms with Crippen molar-refractivity contribution in [2.45, 2.75) is 13.8 Å². The summed E-state index contributed by atoms with van der Waals surface area (Å²) in [7, 11) is 0. The lowest BCUT2D eigenvalue weighted by molar-refractivity contribution is 0.0525. The summed E-state index contributed by atoms with van der Waals surface area (Å²) in [5, 5.41) is 0. The first-order chi connectivity index (χ1) is 9.13. The lowest BCUT2D eigenvalue weighted by Gasteiger charge is -2.10. The Morgan fingerprint density at radius 2 is 2.00 bits per heavy atom. The van der Waals surface area contributed by atoms with Crippen molar-refractivity contribution in [3.63, 3.8) is 0 Å². The van der Waals surface area contributed by atoms with Gasteiger partial charge in [-0.15, -0.1) is 0 Å². The molecule has 0 spiro atoms. The van der Waals surface area contributed by atoms with Crippen molar-refractivity contribution in [3.05, 3.63) is 52.1 Å². The van der Waals surface area contributed by atoms with Gasteiger partial charge in [0.2, 0.25) is 0 Å². The monoisotopic (exact) mass is 258 g/mol. The van der Waals surface area contributed by atoms with E-state index in [2.05, 4.69) is 9.97 Å². The summed E-state index contributed by atoms with van der Waals surface area (Å²) in [5.74, 6) is -0.484. The Labute approximate surface area is 110 Å². The number of carbonyl (C=O) groups is 1. The minimum Gasteiger partial charge on any atom is -0.462 e. The molecule has 0 radical (unpaired) electrons. The zero-order valence-electron chi connectivity index (χ0n) is 10.8. The van der Waals surface area contributed by atoms with Crippen LogP contribution in [0.15, 0.2) is 35.1 Å². The van der Waals surface area contributed by atoms with E-state index >= 15 is 0 Å². The number of nitrogens with zero attached hydrogens (tertiary/aromatic N) is 1. The van der Waals surface area contributed by atoms with E-state index in [0.29, 0.717) is 22.5 Å². The minimum absolute atomic E-state index is 0.269. The fourth-order valence-corrected chi connectivity index (χ4v) is 1.84. The number of rotatable bonds is 3. The van der Waals surface area contributed by atoms with E-state index in [9.17, 15) is 9.59 Å². The molecule has 0 saturated heterocycles. The highest BCUT2D eigenvalue weighted by Crippen LogP contribution is 2.22. The molecule has 0 atom stereocenters. The van der Waals surface area contributed by atoms with Gasteiger partial charge in [-0.05, 0) is 13.8 Å². The number of ether oxygens (including phenoxy) is 1. The Morgan fingerprint density at radius 3 is 2.63 bits per heavy atom. The van der Waals surface area contributed by atoms with E-state index in [0.717, 1.165) is 0 Å². The van der Waals surface area contributed by atoms with Crippen LogP contribution >= 0.6 is 0 Å². The first-order valence-corrected chi connectivity index (χ1v) is 5.97. The van der Waals surface area contributed by atoms with Crippen LogP contribution in [0.4, 0.5) is 0 Å². The quantitative estimate of drug-likeness (QED) is 0.854. The molecule has 19 heavy (non-hydrogen) atoms. The van der Waals surface area contributed by atoms with Crippen LogP contribution in [0.5, 0.6) is 0 Å². The normalized spacial score (nSPS) is 10.2. The molecule has 5 heteroatoms. The van der Waals surface area contributed by atoms with Gasteiger partial charge in [0.15, 0.2) is 0 Å². The predicted octanol–water partition coefficient (Wildman–Crippen LogP) is 1.92. The van der Waals surface area contributed by atoms with Crippen molar-refractivity contribution in [1.82, 2.24) is 9.97 Å². The van der Waals surface area contributed by atoms with Crippen molar-refractivity contribution in [2.24, 2.45) is 0 Å². The molecule has 0 bridgehead atoms. The van der Waals surface area contributed by atoms with E-state index in [4.69, 9.17) is 4.74 Å². The SMILES string of the molecule is CCOC(=O)c1c(-c2ccccc2)nc(=O)[nH]c1C. The van der Waals surface area contributed by atoms with Gasteiger partial charge in [-0.1, -0.05) is 30.3 Å². The summed E-state index contributed by atoms with van der Waals surface area (Å²) in [6, 6.07) is 9.09. The van der Waals surface area contributed by atoms with Gasteiger partial charge in [0.25, 0.3) is 0 Å². The van der Waals surface area contributed by atoms with E-state index in [1.807, 2.05) is 18.2 Å². The van der Waals surface area contributed by atoms with E-state index in [1.165, 1.54) is 0 Å². The molecule has 0 unspecified atom stereocenters. The highest BCUT2D eigenvalue weighted by molar-refractivity contribution is 5.97. The van der Waals surface area contributed by atoms with Crippen LogP contribution in [0.25, 0.3) is 11.3 Å². The molecule has 0 aliphatic rings. The fourth-order valence-electron chi connectivity index (χ4n) is 1.84. The lowest BCUT2D eigenvalue weighted by atomic mass is 10.0. The van der Waals surface area contributed by atoms with Crippen molar-refractivity contribution in [1.29, 1.82) is 0 Å². The maximum absolute atomic E-state index is 12.0. The molecule has 1 heterocycles. The Kier molecular flexibility index (Phi) is 3.75. The highest BCUT2D eigenvalue weighted by Gasteiger charge is 2.19. The minimum atomic E-state index is -0.484. The molecule has 0 aliphatic carbocycles. The van der Waals surface area contributed by atoms with Gasteiger partial charge < -0.3 is 9.72 Å². The lowest BCUT2D eigenvalue weighted by Crippen LogP contribution is -2.19. The van der Waals surface area contributed by atoms with Crippen LogP contribution < -0.4 is 5.69 Å². The van der Waals surface area contributed by atoms with Crippen molar-refractivity contribution in [2.75, 3.05) is 6.61 Å². The molecule has 0 saturated carbocycles. The summed E-state index contributed by atoms with van der Waals surface area (Å²) in [6.45, 7) is 3.65. The molecule has 0 amide bonds. The highest BCUT2D eigenvalue weighted by atomic mass is 16.5. The molecular weight excluding hydrogens is 244 g/mol. The maximum Gasteiger partial charge on any atom is 0.345 e. The molecule has 0 fully saturated rings. The molecule has 2 aromatic rings. The van der Waals surface area contributed by atoms with E-state index < -0.39 is 11.7 Å². The summed E-state index contributed by atoms with van der Waals surface area (Å²) in [5.41, 5.74) is 1.33. The third kappa shape index (κ3) is 2.70.